The molecule has 2 aliphatic heterocycles. The first-order chi connectivity index (χ1) is 18.4. The molecule has 0 radical (unpaired) electrons. The minimum Gasteiger partial charge on any atom is -0.469 e. The second kappa shape index (κ2) is 10.5. The van der Waals surface area contributed by atoms with E-state index in [9.17, 15) is 32.8 Å². The number of rotatable bonds is 5. The van der Waals surface area contributed by atoms with Crippen molar-refractivity contribution in [1.29, 1.82) is 5.26 Å². The lowest BCUT2D eigenvalue weighted by atomic mass is 9.82. The highest BCUT2D eigenvalue weighted by Gasteiger charge is 2.48. The summed E-state index contributed by atoms with van der Waals surface area (Å²) < 4.78 is 44.4. The molecule has 0 aliphatic carbocycles. The van der Waals surface area contributed by atoms with Crippen molar-refractivity contribution in [2.45, 2.75) is 37.6 Å². The van der Waals surface area contributed by atoms with Gasteiger partial charge in [-0.25, -0.2) is 0 Å². The molecular formula is C27H23F3N4O4S. The Bertz CT molecular complexity index is 1480. The van der Waals surface area contributed by atoms with Gasteiger partial charge in [-0.2, -0.15) is 18.4 Å². The lowest BCUT2D eigenvalue weighted by molar-refractivity contribution is -0.142. The largest absolute Gasteiger partial charge is 0.469 e. The van der Waals surface area contributed by atoms with E-state index in [0.29, 0.717) is 5.69 Å². The molecule has 1 saturated heterocycles. The van der Waals surface area contributed by atoms with Gasteiger partial charge in [0.1, 0.15) is 11.1 Å². The van der Waals surface area contributed by atoms with E-state index in [1.807, 2.05) is 19.1 Å². The van der Waals surface area contributed by atoms with Crippen LogP contribution in [-0.2, 0) is 25.3 Å². The SMILES string of the molecule is COC(=O)C[C@@H]1SC2=C(C(=O)Nc3ccc(C)cc3C)[C@@H](c3ccc(C(F)(F)F)cc3)C(C#N)=C(N)N2C1=O. The molecule has 0 saturated carbocycles. The molecule has 0 unspecified atom stereocenters. The third kappa shape index (κ3) is 5.22. The van der Waals surface area contributed by atoms with E-state index < -0.39 is 40.7 Å². The zero-order valence-electron chi connectivity index (χ0n) is 21.1. The number of esters is 1. The van der Waals surface area contributed by atoms with Crippen LogP contribution >= 0.6 is 11.8 Å². The van der Waals surface area contributed by atoms with Crippen LogP contribution in [0.4, 0.5) is 18.9 Å². The Balaban J connectivity index is 1.88. The number of benzene rings is 2. The van der Waals surface area contributed by atoms with E-state index in [2.05, 4.69) is 10.1 Å². The lowest BCUT2D eigenvalue weighted by Crippen LogP contribution is -2.39. The fraction of sp³-hybridized carbons (Fsp3) is 0.259. The molecule has 2 atom stereocenters. The van der Waals surface area contributed by atoms with Gasteiger partial charge >= 0.3 is 12.1 Å². The van der Waals surface area contributed by atoms with Crippen molar-refractivity contribution in [3.8, 4) is 6.07 Å². The molecule has 2 heterocycles. The fourth-order valence-corrected chi connectivity index (χ4v) is 5.81. The molecule has 12 heteroatoms. The number of allylic oxidation sites excluding steroid dienone is 1. The molecule has 0 spiro atoms. The molecule has 2 aromatic carbocycles. The average molecular weight is 557 g/mol. The molecule has 0 bridgehead atoms. The van der Waals surface area contributed by atoms with Crippen molar-refractivity contribution in [2.24, 2.45) is 5.73 Å². The van der Waals surface area contributed by atoms with Gasteiger partial charge in [-0.1, -0.05) is 41.6 Å². The number of halogens is 3. The van der Waals surface area contributed by atoms with Gasteiger partial charge in [-0.15, -0.1) is 0 Å². The number of methoxy groups -OCH3 is 1. The maximum absolute atomic E-state index is 13.9. The Labute approximate surface area is 226 Å². The van der Waals surface area contributed by atoms with Gasteiger partial charge in [0, 0.05) is 5.69 Å². The van der Waals surface area contributed by atoms with Gasteiger partial charge in [0.2, 0.25) is 5.91 Å². The second-order valence-corrected chi connectivity index (χ2v) is 10.2. The predicted octanol–water partition coefficient (Wildman–Crippen LogP) is 4.47. The first kappa shape index (κ1) is 27.8. The molecule has 0 aromatic heterocycles. The predicted molar refractivity (Wildman–Crippen MR) is 137 cm³/mol. The lowest BCUT2D eigenvalue weighted by Gasteiger charge is -2.32. The van der Waals surface area contributed by atoms with Crippen molar-refractivity contribution < 1.29 is 32.3 Å². The number of hydrogen-bond donors (Lipinski definition) is 2. The molecule has 8 nitrogen and oxygen atoms in total. The summed E-state index contributed by atoms with van der Waals surface area (Å²) in [6, 6.07) is 11.3. The van der Waals surface area contributed by atoms with Gasteiger partial charge in [0.05, 0.1) is 47.3 Å². The number of amides is 2. The number of nitrogens with zero attached hydrogens (tertiary/aromatic N) is 2. The number of fused-ring (bicyclic) bond motifs is 1. The minimum atomic E-state index is -4.59. The summed E-state index contributed by atoms with van der Waals surface area (Å²) in [5.74, 6) is -3.39. The van der Waals surface area contributed by atoms with Gasteiger partial charge in [-0.05, 0) is 43.2 Å². The summed E-state index contributed by atoms with van der Waals surface area (Å²) in [6.07, 6.45) is -4.91. The standard InChI is InChI=1S/C27H23F3N4O4S/c1-13-4-9-18(14(2)10-13)33-24(36)22-21(15-5-7-16(8-6-15)27(28,29)30)17(12-31)23(32)34-25(37)19(39-26(22)34)11-20(35)38-3/h4-10,19,21H,11,32H2,1-3H3,(H,33,36)/t19-,21-/m0/s1. The van der Waals surface area contributed by atoms with Crippen molar-refractivity contribution in [3.63, 3.8) is 0 Å². The summed E-state index contributed by atoms with van der Waals surface area (Å²) in [5, 5.41) is 12.0. The van der Waals surface area contributed by atoms with Crippen LogP contribution in [-0.4, -0.2) is 35.0 Å². The van der Waals surface area contributed by atoms with Gasteiger partial charge in [0.25, 0.3) is 5.91 Å². The molecular weight excluding hydrogens is 533 g/mol. The summed E-state index contributed by atoms with van der Waals surface area (Å²) in [6.45, 7) is 3.68. The van der Waals surface area contributed by atoms with E-state index in [1.54, 1.807) is 19.1 Å². The number of nitriles is 1. The van der Waals surface area contributed by atoms with Crippen LogP contribution in [0.15, 0.2) is 64.5 Å². The maximum Gasteiger partial charge on any atom is 0.416 e. The third-order valence-corrected chi connectivity index (χ3v) is 7.70. The molecule has 2 aromatic rings. The number of nitrogens with one attached hydrogen (secondary N) is 1. The van der Waals surface area contributed by atoms with E-state index >= 15 is 0 Å². The minimum absolute atomic E-state index is 0.0498. The topological polar surface area (TPSA) is 126 Å². The highest BCUT2D eigenvalue weighted by Crippen LogP contribution is 2.50. The van der Waals surface area contributed by atoms with Gasteiger partial charge in [0.15, 0.2) is 0 Å². The summed E-state index contributed by atoms with van der Waals surface area (Å²) >= 11 is 0.913. The second-order valence-electron chi connectivity index (χ2n) is 9.02. The van der Waals surface area contributed by atoms with Crippen molar-refractivity contribution >= 4 is 35.2 Å². The number of nitrogens with two attached hydrogens (primary N) is 1. The Morgan fingerprint density at radius 2 is 1.85 bits per heavy atom. The fourth-order valence-electron chi connectivity index (χ4n) is 4.49. The first-order valence-electron chi connectivity index (χ1n) is 11.6. The molecule has 202 valence electrons. The van der Waals surface area contributed by atoms with Crippen LogP contribution in [0.2, 0.25) is 0 Å². The molecule has 39 heavy (non-hydrogen) atoms. The Hall–Kier alpha value is -4.24. The molecule has 2 aliphatic rings. The van der Waals surface area contributed by atoms with Crippen molar-refractivity contribution in [1.82, 2.24) is 4.90 Å². The van der Waals surface area contributed by atoms with Crippen molar-refractivity contribution in [2.75, 3.05) is 12.4 Å². The molecule has 3 N–H and O–H groups in total. The van der Waals surface area contributed by atoms with Crippen LogP contribution in [0.5, 0.6) is 0 Å². The summed E-state index contributed by atoms with van der Waals surface area (Å²) in [7, 11) is 1.17. The number of alkyl halides is 3. The van der Waals surface area contributed by atoms with Gasteiger partial charge in [-0.3, -0.25) is 19.3 Å². The number of carbonyl (C=O) groups is 3. The van der Waals surface area contributed by atoms with Crippen LogP contribution in [0.3, 0.4) is 0 Å². The third-order valence-electron chi connectivity index (χ3n) is 6.42. The number of aryl methyl sites for hydroxylation is 2. The Morgan fingerprint density at radius 3 is 2.41 bits per heavy atom. The van der Waals surface area contributed by atoms with E-state index in [1.165, 1.54) is 19.2 Å². The number of hydrogen-bond acceptors (Lipinski definition) is 7. The average Bonchev–Trinajstić information content (AvgIpc) is 3.20. The quantitative estimate of drug-likeness (QED) is 0.521. The van der Waals surface area contributed by atoms with Crippen molar-refractivity contribution in [3.05, 3.63) is 86.7 Å². The van der Waals surface area contributed by atoms with Crippen LogP contribution in [0.25, 0.3) is 0 Å². The highest BCUT2D eigenvalue weighted by molar-refractivity contribution is 8.04. The first-order valence-corrected chi connectivity index (χ1v) is 12.5. The van der Waals surface area contributed by atoms with Gasteiger partial charge < -0.3 is 15.8 Å². The number of ether oxygens (including phenoxy) is 1. The van der Waals surface area contributed by atoms with Crippen LogP contribution in [0, 0.1) is 25.2 Å². The monoisotopic (exact) mass is 556 g/mol. The summed E-state index contributed by atoms with van der Waals surface area (Å²) in [5.41, 5.74) is 7.50. The normalized spacial score (nSPS) is 19.1. The molecule has 1 fully saturated rings. The zero-order chi connectivity index (χ0) is 28.6. The number of carbonyl (C=O) groups excluding carboxylic acids is 3. The van der Waals surface area contributed by atoms with Crippen LogP contribution in [0.1, 0.15) is 34.6 Å². The smallest absolute Gasteiger partial charge is 0.416 e. The summed E-state index contributed by atoms with van der Waals surface area (Å²) in [4.78, 5) is 40.1. The van der Waals surface area contributed by atoms with E-state index in [-0.39, 0.29) is 34.0 Å². The Kier molecular flexibility index (Phi) is 7.48. The Morgan fingerprint density at radius 1 is 1.18 bits per heavy atom. The maximum atomic E-state index is 13.9. The molecule has 2 amide bonds. The van der Waals surface area contributed by atoms with E-state index in [4.69, 9.17) is 5.73 Å². The van der Waals surface area contributed by atoms with Crippen LogP contribution < -0.4 is 11.1 Å². The zero-order valence-corrected chi connectivity index (χ0v) is 21.9. The highest BCUT2D eigenvalue weighted by atomic mass is 32.2. The molecule has 4 rings (SSSR count). The number of anilines is 1. The van der Waals surface area contributed by atoms with E-state index in [0.717, 1.165) is 39.9 Å². The number of thioether (sulfide) groups is 1.